The van der Waals surface area contributed by atoms with Crippen LogP contribution in [-0.4, -0.2) is 27.5 Å². The number of thiophene rings is 2. The van der Waals surface area contributed by atoms with Crippen molar-refractivity contribution in [2.45, 2.75) is 24.0 Å². The summed E-state index contributed by atoms with van der Waals surface area (Å²) in [6.45, 7) is 20.7. The molecule has 0 aliphatic rings. The van der Waals surface area contributed by atoms with Crippen LogP contribution in [0.5, 0.6) is 0 Å². The maximum Gasteiger partial charge on any atom is 0.302 e. The van der Waals surface area contributed by atoms with Crippen molar-refractivity contribution >= 4 is 55.3 Å². The maximum absolute atomic E-state index is 13.0. The molecule has 1 unspecified atom stereocenters. The molecule has 4 aromatic rings. The highest BCUT2D eigenvalue weighted by Crippen LogP contribution is 2.43. The first-order chi connectivity index (χ1) is 22.4. The number of hydrogen-bond acceptors (Lipinski definition) is 7. The standard InChI is InChI=1S/C23H22N2O3S3.C8H4.C5H4.C2H4/c1-15(26)28-11-5-6-13-31(27)23-21(24)20-17(16-8-3-2-4-9-16)14-18(25-22(20)30-23)19-10-7-12-29-19;1-3-5-7-8-6-4-2;1-3-5-4-2;1-2/h2-4,7-10,12,14H,5-6,11,13,24H2,1H3;1-2H2;1-2H2;1-2H2. The number of nitrogens with two attached hydrogens (primary N) is 1. The molecule has 0 bridgehead atoms. The number of aromatic nitrogens is 1. The van der Waals surface area contributed by atoms with Gasteiger partial charge in [-0.05, 0) is 96.5 Å². The zero-order valence-electron chi connectivity index (χ0n) is 25.7. The van der Waals surface area contributed by atoms with Gasteiger partial charge in [0.15, 0.2) is 0 Å². The third kappa shape index (κ3) is 13.1. The summed E-state index contributed by atoms with van der Waals surface area (Å²) in [5, 5.41) is 2.89. The van der Waals surface area contributed by atoms with Gasteiger partial charge in [-0.1, -0.05) is 59.3 Å². The topological polar surface area (TPSA) is 82.3 Å². The van der Waals surface area contributed by atoms with Crippen LogP contribution in [0.3, 0.4) is 0 Å². The summed E-state index contributed by atoms with van der Waals surface area (Å²) in [5.41, 5.74) is 31.6. The molecule has 3 aromatic heterocycles. The van der Waals surface area contributed by atoms with Crippen LogP contribution >= 0.6 is 22.7 Å². The molecule has 0 amide bonds. The van der Waals surface area contributed by atoms with Crippen molar-refractivity contribution in [3.63, 3.8) is 0 Å². The second-order valence-electron chi connectivity index (χ2n) is 8.31. The molecule has 1 atom stereocenters. The van der Waals surface area contributed by atoms with Crippen LogP contribution in [-0.2, 0) is 20.3 Å². The Labute approximate surface area is 281 Å². The van der Waals surface area contributed by atoms with Gasteiger partial charge in [-0.2, -0.15) is 0 Å². The molecular formula is C38H34N2O3S3. The fraction of sp³-hybridized carbons (Fsp3) is 0.132. The lowest BCUT2D eigenvalue weighted by atomic mass is 10.0. The van der Waals surface area contributed by atoms with Crippen molar-refractivity contribution in [3.05, 3.63) is 145 Å². The number of pyridine rings is 1. The number of nitrogens with zero attached hydrogens (tertiary/aromatic N) is 1. The number of esters is 1. The summed E-state index contributed by atoms with van der Waals surface area (Å²) in [6.07, 6.45) is 1.36. The van der Waals surface area contributed by atoms with E-state index < -0.39 is 10.8 Å². The fourth-order valence-corrected chi connectivity index (χ4v) is 6.92. The summed E-state index contributed by atoms with van der Waals surface area (Å²) >= 11 is 3.04. The number of nitrogen functional groups attached to an aromatic ring is 1. The summed E-state index contributed by atoms with van der Waals surface area (Å²) < 4.78 is 18.6. The van der Waals surface area contributed by atoms with E-state index in [-0.39, 0.29) is 5.97 Å². The van der Waals surface area contributed by atoms with E-state index in [0.29, 0.717) is 35.1 Å². The fourth-order valence-electron chi connectivity index (χ4n) is 3.52. The predicted octanol–water partition coefficient (Wildman–Crippen LogP) is 9.53. The lowest BCUT2D eigenvalue weighted by molar-refractivity contribution is -0.141. The van der Waals surface area contributed by atoms with Gasteiger partial charge in [0.05, 0.1) is 33.7 Å². The van der Waals surface area contributed by atoms with Gasteiger partial charge in [0.1, 0.15) is 9.04 Å². The molecule has 3 heterocycles. The largest absolute Gasteiger partial charge is 0.466 e. The van der Waals surface area contributed by atoms with E-state index in [0.717, 1.165) is 31.9 Å². The Hall–Kier alpha value is -5.31. The Morgan fingerprint density at radius 2 is 1.54 bits per heavy atom. The molecule has 232 valence electrons. The average Bonchev–Trinajstić information content (AvgIpc) is 3.73. The van der Waals surface area contributed by atoms with Crippen LogP contribution in [0.1, 0.15) is 19.8 Å². The minimum atomic E-state index is -1.23. The van der Waals surface area contributed by atoms with Crippen LogP contribution in [0.2, 0.25) is 0 Å². The van der Waals surface area contributed by atoms with Gasteiger partial charge in [0, 0.05) is 18.1 Å². The number of fused-ring (bicyclic) bond motifs is 1. The molecule has 0 aliphatic carbocycles. The van der Waals surface area contributed by atoms with Gasteiger partial charge in [-0.3, -0.25) is 9.00 Å². The van der Waals surface area contributed by atoms with E-state index in [9.17, 15) is 9.00 Å². The smallest absolute Gasteiger partial charge is 0.302 e. The van der Waals surface area contributed by atoms with Gasteiger partial charge in [0.25, 0.3) is 0 Å². The number of benzene rings is 1. The Kier molecular flexibility index (Phi) is 19.5. The third-order valence-electron chi connectivity index (χ3n) is 5.30. The number of carbonyl (C=O) groups is 1. The number of carbonyl (C=O) groups excluding carboxylic acids is 1. The lowest BCUT2D eigenvalue weighted by Crippen LogP contribution is -2.04. The molecule has 8 heteroatoms. The normalized spacial score (nSPS) is 9.24. The molecule has 0 spiro atoms. The second kappa shape index (κ2) is 23.1. The van der Waals surface area contributed by atoms with Gasteiger partial charge in [-0.25, -0.2) is 4.98 Å². The quantitative estimate of drug-likeness (QED) is 0.0880. The predicted molar refractivity (Wildman–Crippen MR) is 195 cm³/mol. The highest BCUT2D eigenvalue weighted by atomic mass is 32.2. The molecule has 0 saturated carbocycles. The van der Waals surface area contributed by atoms with E-state index in [4.69, 9.17) is 15.5 Å². The molecule has 4 rings (SSSR count). The first-order valence-electron chi connectivity index (χ1n) is 13.5. The van der Waals surface area contributed by atoms with E-state index in [1.54, 1.807) is 11.3 Å². The van der Waals surface area contributed by atoms with Crippen molar-refractivity contribution in [2.75, 3.05) is 18.1 Å². The van der Waals surface area contributed by atoms with Crippen LogP contribution in [0.25, 0.3) is 31.9 Å². The first-order valence-corrected chi connectivity index (χ1v) is 16.6. The van der Waals surface area contributed by atoms with E-state index in [1.165, 1.54) is 18.3 Å². The monoisotopic (exact) mass is 662 g/mol. The maximum atomic E-state index is 13.0. The van der Waals surface area contributed by atoms with Gasteiger partial charge in [0.2, 0.25) is 0 Å². The number of anilines is 1. The molecule has 0 aliphatic heterocycles. The minimum absolute atomic E-state index is 0.295. The Bertz CT molecular complexity index is 1910. The van der Waals surface area contributed by atoms with Gasteiger partial charge in [-0.15, -0.1) is 35.8 Å². The summed E-state index contributed by atoms with van der Waals surface area (Å²) in [6, 6.07) is 16.2. The minimum Gasteiger partial charge on any atom is -0.466 e. The van der Waals surface area contributed by atoms with Crippen LogP contribution < -0.4 is 5.73 Å². The number of ether oxygens (including phenoxy) is 1. The molecule has 0 fully saturated rings. The van der Waals surface area contributed by atoms with E-state index >= 15 is 0 Å². The molecule has 1 aromatic carbocycles. The number of hydrogen-bond donors (Lipinski definition) is 1. The number of unbranched alkanes of at least 4 members (excludes halogenated alkanes) is 1. The van der Waals surface area contributed by atoms with Crippen LogP contribution in [0.4, 0.5) is 5.69 Å². The van der Waals surface area contributed by atoms with Crippen molar-refractivity contribution in [1.29, 1.82) is 0 Å². The molecule has 0 saturated heterocycles. The molecule has 2 N–H and O–H groups in total. The zero-order valence-corrected chi connectivity index (χ0v) is 28.2. The highest BCUT2D eigenvalue weighted by molar-refractivity contribution is 7.87. The summed E-state index contributed by atoms with van der Waals surface area (Å²) in [5.74, 6) is 0.174. The van der Waals surface area contributed by atoms with Crippen molar-refractivity contribution in [1.82, 2.24) is 4.98 Å². The number of rotatable bonds is 8. The lowest BCUT2D eigenvalue weighted by Gasteiger charge is -2.08. The second-order valence-corrected chi connectivity index (χ2v) is 12.0. The Morgan fingerprint density at radius 1 is 0.913 bits per heavy atom. The van der Waals surface area contributed by atoms with Crippen molar-refractivity contribution in [2.24, 2.45) is 0 Å². The van der Waals surface area contributed by atoms with Gasteiger partial charge < -0.3 is 10.5 Å². The SMILES string of the molecule is C=C.C=C=C=C=C.C=C=C=C=C=C=C=C.CC(=O)OCCCCS(=O)c1sc2nc(-c3cccs3)cc(-c3ccccc3)c2c1N. The van der Waals surface area contributed by atoms with Crippen molar-refractivity contribution in [3.8, 4) is 21.7 Å². The van der Waals surface area contributed by atoms with Crippen molar-refractivity contribution < 1.29 is 13.7 Å². The zero-order chi connectivity index (χ0) is 34.2. The average molecular weight is 663 g/mol. The summed E-state index contributed by atoms with van der Waals surface area (Å²) in [4.78, 5) is 17.6. The van der Waals surface area contributed by atoms with E-state index in [1.807, 2.05) is 35.7 Å². The van der Waals surface area contributed by atoms with Gasteiger partial charge >= 0.3 is 5.97 Å². The first kappa shape index (κ1) is 38.7. The third-order valence-corrected chi connectivity index (χ3v) is 9.19. The molecule has 5 nitrogen and oxygen atoms in total. The highest BCUT2D eigenvalue weighted by Gasteiger charge is 2.21. The Balaban J connectivity index is 0.000000591. The van der Waals surface area contributed by atoms with Crippen LogP contribution in [0, 0.1) is 0 Å². The van der Waals surface area contributed by atoms with Crippen LogP contribution in [0.15, 0.2) is 149 Å². The molecule has 0 radical (unpaired) electrons. The Morgan fingerprint density at radius 3 is 2.07 bits per heavy atom. The molecular weight excluding hydrogens is 629 g/mol. The molecule has 46 heavy (non-hydrogen) atoms. The summed E-state index contributed by atoms with van der Waals surface area (Å²) in [7, 11) is -1.23. The van der Waals surface area contributed by atoms with E-state index in [2.05, 4.69) is 109 Å².